The average molecular weight is 343 g/mol. The van der Waals surface area contributed by atoms with E-state index in [2.05, 4.69) is 5.32 Å². The molecule has 0 aliphatic heterocycles. The smallest absolute Gasteiger partial charge is 0.341 e. The molecule has 0 aromatic heterocycles. The summed E-state index contributed by atoms with van der Waals surface area (Å²) in [5.74, 6) is -0.124. The zero-order valence-electron chi connectivity index (χ0n) is 14.2. The highest BCUT2D eigenvalue weighted by molar-refractivity contribution is 6.05. The highest BCUT2D eigenvalue weighted by atomic mass is 16.5. The van der Waals surface area contributed by atoms with Crippen LogP contribution in [0.25, 0.3) is 0 Å². The van der Waals surface area contributed by atoms with Crippen LogP contribution < -0.4 is 14.8 Å². The fourth-order valence-electron chi connectivity index (χ4n) is 2.02. The summed E-state index contributed by atoms with van der Waals surface area (Å²) in [4.78, 5) is 23.0. The fraction of sp³-hybridized carbons (Fsp3) is 0.263. The second-order valence-electron chi connectivity index (χ2n) is 5.87. The van der Waals surface area contributed by atoms with Gasteiger partial charge in [-0.3, -0.25) is 4.79 Å². The zero-order valence-corrected chi connectivity index (χ0v) is 14.2. The Labute approximate surface area is 146 Å². The van der Waals surface area contributed by atoms with Crippen LogP contribution in [0.2, 0.25) is 0 Å². The Hall–Kier alpha value is -3.02. The molecule has 0 bridgehead atoms. The summed E-state index contributed by atoms with van der Waals surface area (Å²) in [5.41, 5.74) is 0.937. The number of nitrogens with one attached hydrogen (secondary N) is 1. The molecule has 0 atom stereocenters. The minimum Gasteiger partial charge on any atom is -0.491 e. The van der Waals surface area contributed by atoms with Gasteiger partial charge in [-0.1, -0.05) is 32.0 Å². The Bertz CT molecular complexity index is 742. The van der Waals surface area contributed by atoms with Gasteiger partial charge in [0.2, 0.25) is 0 Å². The highest BCUT2D eigenvalue weighted by Gasteiger charge is 2.11. The third-order valence-corrected chi connectivity index (χ3v) is 3.17. The lowest BCUT2D eigenvalue weighted by Gasteiger charge is -2.14. The van der Waals surface area contributed by atoms with Gasteiger partial charge < -0.3 is 19.9 Å². The molecule has 2 aromatic rings. The van der Waals surface area contributed by atoms with Gasteiger partial charge in [-0.2, -0.15) is 0 Å². The molecule has 0 heterocycles. The molecule has 1 amide bonds. The Morgan fingerprint density at radius 1 is 1.08 bits per heavy atom. The van der Waals surface area contributed by atoms with Crippen molar-refractivity contribution < 1.29 is 24.2 Å². The van der Waals surface area contributed by atoms with Crippen molar-refractivity contribution in [3.8, 4) is 11.5 Å². The van der Waals surface area contributed by atoms with Crippen molar-refractivity contribution in [1.82, 2.24) is 0 Å². The van der Waals surface area contributed by atoms with E-state index in [0.717, 1.165) is 0 Å². The summed E-state index contributed by atoms with van der Waals surface area (Å²) in [6.45, 7) is 4.18. The minimum absolute atomic E-state index is 0.319. The van der Waals surface area contributed by atoms with E-state index in [9.17, 15) is 9.59 Å². The normalized spacial score (nSPS) is 10.4. The second-order valence-corrected chi connectivity index (χ2v) is 5.87. The maximum absolute atomic E-state index is 12.5. The first-order chi connectivity index (χ1) is 12.0. The molecular formula is C19H21NO5. The van der Waals surface area contributed by atoms with E-state index in [4.69, 9.17) is 14.6 Å². The molecule has 2 rings (SSSR count). The SMILES string of the molecule is CC(C)COc1ccccc1NC(=O)c1cccc(OCC(=O)O)c1. The van der Waals surface area contributed by atoms with Crippen molar-refractivity contribution in [2.45, 2.75) is 13.8 Å². The molecule has 132 valence electrons. The number of anilines is 1. The molecule has 25 heavy (non-hydrogen) atoms. The predicted molar refractivity (Wildman–Crippen MR) is 94.3 cm³/mol. The number of carboxylic acids is 1. The average Bonchev–Trinajstić information content (AvgIpc) is 2.59. The van der Waals surface area contributed by atoms with Crippen molar-refractivity contribution in [3.63, 3.8) is 0 Å². The number of aliphatic carboxylic acids is 1. The van der Waals surface area contributed by atoms with Gasteiger partial charge >= 0.3 is 5.97 Å². The number of hydrogen-bond donors (Lipinski definition) is 2. The summed E-state index contributed by atoms with van der Waals surface area (Å²) in [6.07, 6.45) is 0. The molecule has 0 fully saturated rings. The number of carbonyl (C=O) groups excluding carboxylic acids is 1. The predicted octanol–water partition coefficient (Wildman–Crippen LogP) is 3.44. The van der Waals surface area contributed by atoms with Gasteiger partial charge in [0.05, 0.1) is 12.3 Å². The van der Waals surface area contributed by atoms with E-state index < -0.39 is 12.6 Å². The van der Waals surface area contributed by atoms with Gasteiger partial charge in [-0.05, 0) is 36.2 Å². The fourth-order valence-corrected chi connectivity index (χ4v) is 2.02. The first-order valence-corrected chi connectivity index (χ1v) is 7.93. The van der Waals surface area contributed by atoms with E-state index in [0.29, 0.717) is 35.3 Å². The topological polar surface area (TPSA) is 84.9 Å². The van der Waals surface area contributed by atoms with Crippen molar-refractivity contribution in [2.75, 3.05) is 18.5 Å². The van der Waals surface area contributed by atoms with E-state index >= 15 is 0 Å². The number of carbonyl (C=O) groups is 2. The largest absolute Gasteiger partial charge is 0.491 e. The third kappa shape index (κ3) is 5.84. The number of para-hydroxylation sites is 2. The molecule has 6 heteroatoms. The summed E-state index contributed by atoms with van der Waals surface area (Å²) >= 11 is 0. The number of amides is 1. The van der Waals surface area contributed by atoms with Crippen molar-refractivity contribution in [2.24, 2.45) is 5.92 Å². The van der Waals surface area contributed by atoms with Crippen LogP contribution in [-0.2, 0) is 4.79 Å². The standard InChI is InChI=1S/C19H21NO5/c1-13(2)11-25-17-9-4-3-8-16(17)20-19(23)14-6-5-7-15(10-14)24-12-18(21)22/h3-10,13H,11-12H2,1-2H3,(H,20,23)(H,21,22). The molecule has 0 saturated carbocycles. The first kappa shape index (κ1) is 18.3. The third-order valence-electron chi connectivity index (χ3n) is 3.17. The van der Waals surface area contributed by atoms with Crippen LogP contribution in [-0.4, -0.2) is 30.2 Å². The van der Waals surface area contributed by atoms with Crippen LogP contribution in [0.5, 0.6) is 11.5 Å². The maximum Gasteiger partial charge on any atom is 0.341 e. The summed E-state index contributed by atoms with van der Waals surface area (Å²) in [5, 5.41) is 11.5. The number of hydrogen-bond acceptors (Lipinski definition) is 4. The van der Waals surface area contributed by atoms with Gasteiger partial charge in [0.1, 0.15) is 11.5 Å². The number of rotatable bonds is 8. The van der Waals surface area contributed by atoms with Gasteiger partial charge in [0, 0.05) is 5.56 Å². The zero-order chi connectivity index (χ0) is 18.2. The number of ether oxygens (including phenoxy) is 2. The van der Waals surface area contributed by atoms with Crippen LogP contribution in [0.1, 0.15) is 24.2 Å². The summed E-state index contributed by atoms with van der Waals surface area (Å²) in [6, 6.07) is 13.6. The van der Waals surface area contributed by atoms with Crippen molar-refractivity contribution in [1.29, 1.82) is 0 Å². The van der Waals surface area contributed by atoms with Crippen LogP contribution in [0.3, 0.4) is 0 Å². The molecule has 0 aliphatic carbocycles. The van der Waals surface area contributed by atoms with Gasteiger partial charge in [-0.15, -0.1) is 0 Å². The minimum atomic E-state index is -1.08. The van der Waals surface area contributed by atoms with Crippen LogP contribution >= 0.6 is 0 Å². The molecular weight excluding hydrogens is 322 g/mol. The van der Waals surface area contributed by atoms with E-state index in [1.54, 1.807) is 30.3 Å². The van der Waals surface area contributed by atoms with Crippen LogP contribution in [0, 0.1) is 5.92 Å². The van der Waals surface area contributed by atoms with E-state index in [-0.39, 0.29) is 5.91 Å². The van der Waals surface area contributed by atoms with Crippen molar-refractivity contribution >= 4 is 17.6 Å². The Morgan fingerprint density at radius 3 is 2.56 bits per heavy atom. The molecule has 0 unspecified atom stereocenters. The monoisotopic (exact) mass is 343 g/mol. The van der Waals surface area contributed by atoms with Crippen molar-refractivity contribution in [3.05, 3.63) is 54.1 Å². The second kappa shape index (κ2) is 8.73. The Kier molecular flexibility index (Phi) is 6.39. The number of benzene rings is 2. The molecule has 2 N–H and O–H groups in total. The van der Waals surface area contributed by atoms with Gasteiger partial charge in [0.15, 0.2) is 6.61 Å². The lowest BCUT2D eigenvalue weighted by molar-refractivity contribution is -0.139. The quantitative estimate of drug-likeness (QED) is 0.767. The van der Waals surface area contributed by atoms with E-state index in [1.165, 1.54) is 6.07 Å². The molecule has 6 nitrogen and oxygen atoms in total. The number of carboxylic acid groups (broad SMARTS) is 1. The lowest BCUT2D eigenvalue weighted by Crippen LogP contribution is -2.14. The first-order valence-electron chi connectivity index (χ1n) is 7.93. The Balaban J connectivity index is 2.09. The van der Waals surface area contributed by atoms with Crippen LogP contribution in [0.15, 0.2) is 48.5 Å². The van der Waals surface area contributed by atoms with Gasteiger partial charge in [0.25, 0.3) is 5.91 Å². The lowest BCUT2D eigenvalue weighted by atomic mass is 10.2. The molecule has 0 saturated heterocycles. The molecule has 0 spiro atoms. The molecule has 2 aromatic carbocycles. The van der Waals surface area contributed by atoms with E-state index in [1.807, 2.05) is 26.0 Å². The highest BCUT2D eigenvalue weighted by Crippen LogP contribution is 2.25. The molecule has 0 aliphatic rings. The Morgan fingerprint density at radius 2 is 1.84 bits per heavy atom. The maximum atomic E-state index is 12.5. The summed E-state index contributed by atoms with van der Waals surface area (Å²) < 4.78 is 10.8. The van der Waals surface area contributed by atoms with Gasteiger partial charge in [-0.25, -0.2) is 4.79 Å². The molecule has 0 radical (unpaired) electrons. The summed E-state index contributed by atoms with van der Waals surface area (Å²) in [7, 11) is 0. The van der Waals surface area contributed by atoms with Crippen LogP contribution in [0.4, 0.5) is 5.69 Å².